The van der Waals surface area contributed by atoms with Crippen molar-refractivity contribution in [2.45, 2.75) is 0 Å². The zero-order chi connectivity index (χ0) is 11.5. The lowest BCUT2D eigenvalue weighted by Gasteiger charge is -2.05. The van der Waals surface area contributed by atoms with E-state index in [4.69, 9.17) is 16.9 Å². The Bertz CT molecular complexity index is 450. The van der Waals surface area contributed by atoms with Crippen LogP contribution in [0.1, 0.15) is 11.1 Å². The molecule has 0 unspecified atom stereocenters. The molecule has 0 saturated heterocycles. The van der Waals surface area contributed by atoms with E-state index in [1.54, 1.807) is 24.3 Å². The normalized spacial score (nSPS) is 10.0. The SMILES string of the molecule is N=C(c1ccc(N)cc1)c1ccc(N)cc1. The minimum Gasteiger partial charge on any atom is -0.399 e. The van der Waals surface area contributed by atoms with Crippen LogP contribution < -0.4 is 11.5 Å². The van der Waals surface area contributed by atoms with Crippen molar-refractivity contribution in [2.75, 3.05) is 11.5 Å². The number of nitrogen functional groups attached to an aromatic ring is 2. The van der Waals surface area contributed by atoms with E-state index in [0.717, 1.165) is 11.1 Å². The second-order valence-electron chi connectivity index (χ2n) is 3.62. The lowest BCUT2D eigenvalue weighted by atomic mass is 10.0. The summed E-state index contributed by atoms with van der Waals surface area (Å²) < 4.78 is 0. The van der Waals surface area contributed by atoms with Gasteiger partial charge >= 0.3 is 0 Å². The maximum Gasteiger partial charge on any atom is 0.0684 e. The first-order chi connectivity index (χ1) is 7.66. The summed E-state index contributed by atoms with van der Waals surface area (Å²) in [4.78, 5) is 0. The Kier molecular flexibility index (Phi) is 2.60. The minimum absolute atomic E-state index is 0.472. The lowest BCUT2D eigenvalue weighted by Crippen LogP contribution is -2.01. The van der Waals surface area contributed by atoms with Gasteiger partial charge in [0.1, 0.15) is 0 Å². The van der Waals surface area contributed by atoms with Crippen molar-refractivity contribution in [2.24, 2.45) is 0 Å². The number of anilines is 2. The van der Waals surface area contributed by atoms with Gasteiger partial charge in [0.2, 0.25) is 0 Å². The predicted octanol–water partition coefficient (Wildman–Crippen LogP) is 2.27. The molecule has 0 aliphatic carbocycles. The molecule has 3 nitrogen and oxygen atoms in total. The average molecular weight is 211 g/mol. The van der Waals surface area contributed by atoms with Gasteiger partial charge in [-0.15, -0.1) is 0 Å². The predicted molar refractivity (Wildman–Crippen MR) is 67.6 cm³/mol. The Balaban J connectivity index is 2.32. The van der Waals surface area contributed by atoms with E-state index in [-0.39, 0.29) is 0 Å². The van der Waals surface area contributed by atoms with Gasteiger partial charge in [-0.3, -0.25) is 5.41 Å². The summed E-state index contributed by atoms with van der Waals surface area (Å²) in [5.41, 5.74) is 14.8. The molecule has 0 saturated carbocycles. The van der Waals surface area contributed by atoms with Crippen LogP contribution >= 0.6 is 0 Å². The number of nitrogens with one attached hydrogen (secondary N) is 1. The van der Waals surface area contributed by atoms with Crippen molar-refractivity contribution in [3.05, 3.63) is 59.7 Å². The first kappa shape index (κ1) is 10.2. The molecule has 0 bridgehead atoms. The van der Waals surface area contributed by atoms with Crippen molar-refractivity contribution in [1.29, 1.82) is 5.41 Å². The number of nitrogens with two attached hydrogens (primary N) is 2. The van der Waals surface area contributed by atoms with Crippen molar-refractivity contribution >= 4 is 17.1 Å². The Hall–Kier alpha value is -2.29. The first-order valence-electron chi connectivity index (χ1n) is 4.97. The third-order valence-electron chi connectivity index (χ3n) is 2.40. The van der Waals surface area contributed by atoms with Crippen LogP contribution in [-0.2, 0) is 0 Å². The van der Waals surface area contributed by atoms with E-state index >= 15 is 0 Å². The third kappa shape index (κ3) is 2.03. The van der Waals surface area contributed by atoms with Gasteiger partial charge in [0.25, 0.3) is 0 Å². The molecule has 2 aromatic rings. The van der Waals surface area contributed by atoms with Crippen LogP contribution in [0.4, 0.5) is 11.4 Å². The van der Waals surface area contributed by atoms with Crippen LogP contribution in [-0.4, -0.2) is 5.71 Å². The van der Waals surface area contributed by atoms with Crippen molar-refractivity contribution < 1.29 is 0 Å². The molecule has 0 radical (unpaired) electrons. The highest BCUT2D eigenvalue weighted by Gasteiger charge is 2.03. The minimum atomic E-state index is 0.472. The van der Waals surface area contributed by atoms with E-state index in [0.29, 0.717) is 17.1 Å². The van der Waals surface area contributed by atoms with E-state index < -0.39 is 0 Å². The molecule has 2 rings (SSSR count). The fraction of sp³-hybridized carbons (Fsp3) is 0. The quantitative estimate of drug-likeness (QED) is 0.526. The van der Waals surface area contributed by atoms with Crippen LogP contribution in [0, 0.1) is 5.41 Å². The molecule has 5 N–H and O–H groups in total. The molecule has 0 aromatic heterocycles. The monoisotopic (exact) mass is 211 g/mol. The summed E-state index contributed by atoms with van der Waals surface area (Å²) in [5, 5.41) is 8.03. The number of hydrogen-bond donors (Lipinski definition) is 3. The Labute approximate surface area is 94.2 Å². The van der Waals surface area contributed by atoms with Gasteiger partial charge in [-0.1, -0.05) is 24.3 Å². The summed E-state index contributed by atoms with van der Waals surface area (Å²) in [6.07, 6.45) is 0. The number of hydrogen-bond acceptors (Lipinski definition) is 3. The zero-order valence-corrected chi connectivity index (χ0v) is 8.77. The molecule has 0 aliphatic rings. The van der Waals surface area contributed by atoms with Crippen LogP contribution in [0.25, 0.3) is 0 Å². The highest BCUT2D eigenvalue weighted by atomic mass is 14.5. The Morgan fingerprint density at radius 2 is 1.00 bits per heavy atom. The molecule has 0 spiro atoms. The molecule has 0 amide bonds. The van der Waals surface area contributed by atoms with E-state index in [9.17, 15) is 0 Å². The molecule has 0 fully saturated rings. The summed E-state index contributed by atoms with van der Waals surface area (Å²) in [7, 11) is 0. The molecular weight excluding hydrogens is 198 g/mol. The van der Waals surface area contributed by atoms with Gasteiger partial charge in [0.05, 0.1) is 5.71 Å². The largest absolute Gasteiger partial charge is 0.399 e. The number of benzene rings is 2. The van der Waals surface area contributed by atoms with Crippen molar-refractivity contribution in [1.82, 2.24) is 0 Å². The van der Waals surface area contributed by atoms with E-state index in [1.807, 2.05) is 24.3 Å². The van der Waals surface area contributed by atoms with Crippen LogP contribution in [0.15, 0.2) is 48.5 Å². The lowest BCUT2D eigenvalue weighted by molar-refractivity contribution is 1.46. The molecule has 2 aromatic carbocycles. The Morgan fingerprint density at radius 1 is 0.688 bits per heavy atom. The zero-order valence-electron chi connectivity index (χ0n) is 8.77. The smallest absolute Gasteiger partial charge is 0.0684 e. The summed E-state index contributed by atoms with van der Waals surface area (Å²) in [5.74, 6) is 0. The van der Waals surface area contributed by atoms with Crippen LogP contribution in [0.3, 0.4) is 0 Å². The molecule has 80 valence electrons. The molecule has 3 heteroatoms. The van der Waals surface area contributed by atoms with Gasteiger partial charge < -0.3 is 11.5 Å². The molecule has 16 heavy (non-hydrogen) atoms. The molecule has 0 aliphatic heterocycles. The second kappa shape index (κ2) is 4.06. The molecule has 0 heterocycles. The standard InChI is InChI=1S/C13H13N3/c14-11-5-1-9(2-6-11)13(16)10-3-7-12(15)8-4-10/h1-8,16H,14-15H2. The summed E-state index contributed by atoms with van der Waals surface area (Å²) in [6, 6.07) is 14.5. The highest BCUT2D eigenvalue weighted by Crippen LogP contribution is 2.13. The van der Waals surface area contributed by atoms with Crippen molar-refractivity contribution in [3.63, 3.8) is 0 Å². The first-order valence-corrected chi connectivity index (χ1v) is 4.97. The fourth-order valence-corrected chi connectivity index (χ4v) is 1.47. The topological polar surface area (TPSA) is 75.9 Å². The van der Waals surface area contributed by atoms with Crippen LogP contribution in [0.5, 0.6) is 0 Å². The van der Waals surface area contributed by atoms with Gasteiger partial charge in [0.15, 0.2) is 0 Å². The van der Waals surface area contributed by atoms with Crippen LogP contribution in [0.2, 0.25) is 0 Å². The summed E-state index contributed by atoms with van der Waals surface area (Å²) in [6.45, 7) is 0. The van der Waals surface area contributed by atoms with Crippen molar-refractivity contribution in [3.8, 4) is 0 Å². The highest BCUT2D eigenvalue weighted by molar-refractivity contribution is 6.11. The third-order valence-corrected chi connectivity index (χ3v) is 2.40. The second-order valence-corrected chi connectivity index (χ2v) is 3.62. The van der Waals surface area contributed by atoms with Gasteiger partial charge in [-0.25, -0.2) is 0 Å². The van der Waals surface area contributed by atoms with E-state index in [1.165, 1.54) is 0 Å². The summed E-state index contributed by atoms with van der Waals surface area (Å²) >= 11 is 0. The van der Waals surface area contributed by atoms with E-state index in [2.05, 4.69) is 0 Å². The van der Waals surface area contributed by atoms with Gasteiger partial charge in [0, 0.05) is 22.5 Å². The molecule has 0 atom stereocenters. The molecular formula is C13H13N3. The maximum absolute atomic E-state index is 8.03. The average Bonchev–Trinajstić information content (AvgIpc) is 2.30. The number of rotatable bonds is 2. The van der Waals surface area contributed by atoms with Gasteiger partial charge in [-0.2, -0.15) is 0 Å². The Morgan fingerprint density at radius 3 is 1.31 bits per heavy atom. The fourth-order valence-electron chi connectivity index (χ4n) is 1.47. The maximum atomic E-state index is 8.03. The van der Waals surface area contributed by atoms with Gasteiger partial charge in [-0.05, 0) is 24.3 Å².